The Kier molecular flexibility index (Phi) is 27.0. The number of carbonyl (C=O) groups excluding carboxylic acids is 16. The summed E-state index contributed by atoms with van der Waals surface area (Å²) in [6.45, 7) is 26.6. The van der Waals surface area contributed by atoms with Gasteiger partial charge in [-0.15, -0.1) is 0 Å². The van der Waals surface area contributed by atoms with Gasteiger partial charge in [0.15, 0.2) is 0 Å². The number of fused-ring (bicyclic) bond motifs is 2. The van der Waals surface area contributed by atoms with E-state index < -0.39 is 95.5 Å². The van der Waals surface area contributed by atoms with Gasteiger partial charge in [-0.25, -0.2) is 71.9 Å². The molecule has 0 radical (unpaired) electrons. The lowest BCUT2D eigenvalue weighted by molar-refractivity contribution is -0.155. The number of carbonyl (C=O) groups is 16. The van der Waals surface area contributed by atoms with Crippen LogP contribution >= 0.6 is 0 Å². The lowest BCUT2D eigenvalue weighted by atomic mass is 10.1. The minimum Gasteiger partial charge on any atom is -0.459 e. The lowest BCUT2D eigenvalue weighted by Gasteiger charge is -2.06. The fourth-order valence-electron chi connectivity index (χ4n) is 4.52. The fraction of sp³-hybridized carbons (Fsp3) is 0.154. The topological polar surface area (TPSA) is 365 Å². The number of hydrogen-bond acceptors (Lipinski definition) is 26. The highest BCUT2D eigenvalue weighted by Crippen LogP contribution is 2.23. The molecule has 0 atom stereocenters. The minimum absolute atomic E-state index is 0.0209. The zero-order valence-electron chi connectivity index (χ0n) is 41.5. The third kappa shape index (κ3) is 22.9. The SMILES string of the molecule is C=C(C)C(=O)OC(=O)C(=C)C.C=C(C)C(=O)OCCOC(=O)c1ccc2c(c1)C(=O)OC2=O.C=C1CC(=O)OC1=O.C=CC(=O)OC(=O)C=C.C=CC(=O)OCCOC(=O)c1ccc2c(c1)C(=O)OC2=O.O=C1C=CC(=O)O1. The van der Waals surface area contributed by atoms with E-state index in [1.54, 1.807) is 0 Å². The Morgan fingerprint density at radius 2 is 0.833 bits per heavy atom. The normalized spacial score (nSPS) is 12.5. The summed E-state index contributed by atoms with van der Waals surface area (Å²) in [5.74, 6) is -10.9. The predicted octanol–water partition coefficient (Wildman–Crippen LogP) is 3.44. The highest BCUT2D eigenvalue weighted by atomic mass is 16.6. The molecule has 78 heavy (non-hydrogen) atoms. The standard InChI is InChI=1S/C15H12O7.C14H10O7.C8H10O3.C6H6O3.C5H4O3.C4H2O3/c1-8(2)12(16)20-5-6-21-13(17)9-3-4-10-11(7-9)15(19)22-14(10)18;1-2-11(15)19-5-6-20-12(16)8-3-4-9-10(7-8)14(18)21-13(9)17;1-5(2)7(9)11-8(10)6(3)4;1-3-5(7)9-6(8)4-2;1-3-2-4(6)8-5(3)7;5-3-1-2-4(6)7-3/h3-4,7H,1,5-6H2,2H3;2-4,7H,1,5-6H2;1,3H2,2,4H3;3-4H,1-2H2;1-2H2;1-2H. The molecule has 2 aromatic rings. The summed E-state index contributed by atoms with van der Waals surface area (Å²) in [5, 5.41) is 0. The quantitative estimate of drug-likeness (QED) is 0.0859. The summed E-state index contributed by atoms with van der Waals surface area (Å²) < 4.78 is 44.4. The molecular formula is C52H44O26. The largest absolute Gasteiger partial charge is 0.459 e. The molecule has 26 nitrogen and oxygen atoms in total. The van der Waals surface area contributed by atoms with E-state index in [4.69, 9.17) is 14.2 Å². The Hall–Kier alpha value is -10.9. The van der Waals surface area contributed by atoms with Crippen molar-refractivity contribution in [3.8, 4) is 0 Å². The van der Waals surface area contributed by atoms with Crippen LogP contribution in [0.1, 0.15) is 89.3 Å². The first-order valence-electron chi connectivity index (χ1n) is 21.3. The summed E-state index contributed by atoms with van der Waals surface area (Å²) in [7, 11) is 0. The Morgan fingerprint density at radius 1 is 0.462 bits per heavy atom. The third-order valence-electron chi connectivity index (χ3n) is 8.21. The van der Waals surface area contributed by atoms with Crippen molar-refractivity contribution >= 4 is 95.5 Å². The Bertz CT molecular complexity index is 2900. The second kappa shape index (κ2) is 32.3. The molecule has 0 amide bonds. The highest BCUT2D eigenvalue weighted by molar-refractivity contribution is 6.16. The van der Waals surface area contributed by atoms with Gasteiger partial charge in [0.05, 0.1) is 39.8 Å². The lowest BCUT2D eigenvalue weighted by Crippen LogP contribution is -2.14. The monoisotopic (exact) mass is 1080 g/mol. The molecule has 0 N–H and O–H groups in total. The van der Waals surface area contributed by atoms with Crippen molar-refractivity contribution in [1.82, 2.24) is 0 Å². The first-order chi connectivity index (χ1) is 36.6. The molecule has 4 aliphatic heterocycles. The van der Waals surface area contributed by atoms with E-state index in [-0.39, 0.29) is 88.5 Å². The molecule has 6 rings (SSSR count). The summed E-state index contributed by atoms with van der Waals surface area (Å²) >= 11 is 0. The Balaban J connectivity index is 0.000000497. The highest BCUT2D eigenvalue weighted by Gasteiger charge is 2.32. The summed E-state index contributed by atoms with van der Waals surface area (Å²) in [6.07, 6.45) is 5.03. The van der Waals surface area contributed by atoms with Crippen LogP contribution in [0.4, 0.5) is 0 Å². The van der Waals surface area contributed by atoms with Crippen molar-refractivity contribution in [2.24, 2.45) is 0 Å². The second-order valence-corrected chi connectivity index (χ2v) is 14.4. The van der Waals surface area contributed by atoms with E-state index in [1.807, 2.05) is 0 Å². The van der Waals surface area contributed by atoms with Crippen LogP contribution in [0, 0.1) is 0 Å². The summed E-state index contributed by atoms with van der Waals surface area (Å²) in [4.78, 5) is 173. The zero-order valence-corrected chi connectivity index (χ0v) is 41.5. The first-order valence-corrected chi connectivity index (χ1v) is 21.3. The predicted molar refractivity (Wildman–Crippen MR) is 257 cm³/mol. The van der Waals surface area contributed by atoms with E-state index in [1.165, 1.54) is 57.2 Å². The molecule has 4 aliphatic rings. The molecule has 0 aromatic heterocycles. The zero-order chi connectivity index (χ0) is 59.4. The van der Waals surface area contributed by atoms with Gasteiger partial charge in [-0.05, 0) is 57.2 Å². The number of benzene rings is 2. The van der Waals surface area contributed by atoms with Crippen LogP contribution in [0.5, 0.6) is 0 Å². The van der Waals surface area contributed by atoms with E-state index in [2.05, 4.69) is 79.2 Å². The molecule has 0 aliphatic carbocycles. The van der Waals surface area contributed by atoms with Gasteiger partial charge in [0.25, 0.3) is 0 Å². The molecule has 408 valence electrons. The van der Waals surface area contributed by atoms with Crippen molar-refractivity contribution in [3.05, 3.63) is 169 Å². The molecule has 0 spiro atoms. The van der Waals surface area contributed by atoms with Crippen LogP contribution < -0.4 is 0 Å². The van der Waals surface area contributed by atoms with Gasteiger partial charge in [-0.1, -0.05) is 46.1 Å². The third-order valence-corrected chi connectivity index (χ3v) is 8.21. The number of hydrogen-bond donors (Lipinski definition) is 0. The van der Waals surface area contributed by atoms with E-state index in [0.29, 0.717) is 0 Å². The van der Waals surface area contributed by atoms with Gasteiger partial charge in [-0.3, -0.25) is 4.79 Å². The van der Waals surface area contributed by atoms with Crippen molar-refractivity contribution < 1.29 is 124 Å². The van der Waals surface area contributed by atoms with Gasteiger partial charge >= 0.3 is 95.5 Å². The number of ether oxygens (including phenoxy) is 10. The average Bonchev–Trinajstić information content (AvgIpc) is 4.11. The van der Waals surface area contributed by atoms with Crippen LogP contribution in [0.15, 0.2) is 135 Å². The van der Waals surface area contributed by atoms with Gasteiger partial charge in [0.1, 0.15) is 26.4 Å². The van der Waals surface area contributed by atoms with Crippen molar-refractivity contribution in [2.45, 2.75) is 27.2 Å². The summed E-state index contributed by atoms with van der Waals surface area (Å²) in [5.41, 5.74) is 1.32. The molecule has 26 heteroatoms. The Morgan fingerprint density at radius 3 is 1.14 bits per heavy atom. The van der Waals surface area contributed by atoms with Gasteiger partial charge in [-0.2, -0.15) is 0 Å². The van der Waals surface area contributed by atoms with Gasteiger partial charge in [0, 0.05) is 52.7 Å². The molecular weight excluding hydrogens is 1040 g/mol. The van der Waals surface area contributed by atoms with E-state index >= 15 is 0 Å². The van der Waals surface area contributed by atoms with Crippen molar-refractivity contribution in [2.75, 3.05) is 26.4 Å². The van der Waals surface area contributed by atoms with Crippen LogP contribution in [0.2, 0.25) is 0 Å². The first kappa shape index (κ1) is 65.1. The second-order valence-electron chi connectivity index (χ2n) is 14.4. The smallest absolute Gasteiger partial charge is 0.346 e. The molecule has 0 saturated carbocycles. The van der Waals surface area contributed by atoms with Crippen molar-refractivity contribution in [3.63, 3.8) is 0 Å². The van der Waals surface area contributed by atoms with Gasteiger partial charge in [0.2, 0.25) is 0 Å². The Labute approximate surface area is 440 Å². The van der Waals surface area contributed by atoms with Crippen LogP contribution in [-0.2, 0) is 95.3 Å². The molecule has 4 heterocycles. The summed E-state index contributed by atoms with van der Waals surface area (Å²) in [6, 6.07) is 7.78. The molecule has 0 bridgehead atoms. The number of cyclic esters (lactones) is 8. The minimum atomic E-state index is -0.801. The van der Waals surface area contributed by atoms with E-state index in [0.717, 1.165) is 30.4 Å². The van der Waals surface area contributed by atoms with Crippen LogP contribution in [-0.4, -0.2) is 122 Å². The van der Waals surface area contributed by atoms with Crippen LogP contribution in [0.3, 0.4) is 0 Å². The molecule has 1 saturated heterocycles. The van der Waals surface area contributed by atoms with Crippen LogP contribution in [0.25, 0.3) is 0 Å². The van der Waals surface area contributed by atoms with E-state index in [9.17, 15) is 76.7 Å². The number of esters is 16. The fourth-order valence-corrected chi connectivity index (χ4v) is 4.52. The van der Waals surface area contributed by atoms with Gasteiger partial charge < -0.3 is 47.4 Å². The maximum absolute atomic E-state index is 11.8. The van der Waals surface area contributed by atoms with Crippen molar-refractivity contribution in [1.29, 1.82) is 0 Å². The molecule has 2 aromatic carbocycles. The maximum atomic E-state index is 11.8. The molecule has 1 fully saturated rings. The molecule has 0 unspecified atom stereocenters. The number of rotatable bonds is 14. The maximum Gasteiger partial charge on any atom is 0.346 e. The average molecular weight is 1080 g/mol.